The van der Waals surface area contributed by atoms with E-state index < -0.39 is 36.6 Å². The van der Waals surface area contributed by atoms with Gasteiger partial charge in [0, 0.05) is 13.6 Å². The van der Waals surface area contributed by atoms with E-state index in [4.69, 9.17) is 0 Å². The molecule has 142 valence electrons. The first kappa shape index (κ1) is 21.1. The minimum Gasteiger partial charge on any atom is -0.370 e. The van der Waals surface area contributed by atoms with Crippen LogP contribution in [0.5, 0.6) is 0 Å². The van der Waals surface area contributed by atoms with E-state index in [-0.39, 0.29) is 13.2 Å². The molecule has 1 aromatic rings. The molecule has 0 aliphatic carbocycles. The number of amides is 2. The molecule has 0 saturated carbocycles. The number of hydrogen-bond donors (Lipinski definition) is 1. The molecule has 25 heavy (non-hydrogen) atoms. The lowest BCUT2D eigenvalue weighted by Gasteiger charge is -2.22. The summed E-state index contributed by atoms with van der Waals surface area (Å²) in [5, 5.41) is 2.44. The van der Waals surface area contributed by atoms with Gasteiger partial charge < -0.3 is 15.0 Å². The standard InChI is InChI=1S/C15H18F6N2O2/c1-10(8-25-9-14(16,17)18)22-13(24)23(2)7-11-3-5-12(6-4-11)15(19,20)21/h3-6,10H,7-9H2,1-2H3,(H,22,24)/t10-/m0/s1. The zero-order valence-electron chi connectivity index (χ0n) is 13.5. The van der Waals surface area contributed by atoms with Gasteiger partial charge in [-0.05, 0) is 24.6 Å². The molecule has 0 unspecified atom stereocenters. The molecule has 0 heterocycles. The third-order valence-electron chi connectivity index (χ3n) is 3.05. The molecule has 1 atom stereocenters. The van der Waals surface area contributed by atoms with E-state index in [1.54, 1.807) is 0 Å². The molecular formula is C15H18F6N2O2. The Morgan fingerprint density at radius 2 is 1.72 bits per heavy atom. The summed E-state index contributed by atoms with van der Waals surface area (Å²) in [6, 6.07) is 3.09. The summed E-state index contributed by atoms with van der Waals surface area (Å²) in [5.74, 6) is 0. The number of ether oxygens (including phenoxy) is 1. The van der Waals surface area contributed by atoms with E-state index in [0.717, 1.165) is 12.1 Å². The predicted octanol–water partition coefficient (Wildman–Crippen LogP) is 3.81. The summed E-state index contributed by atoms with van der Waals surface area (Å²) in [4.78, 5) is 13.1. The molecule has 1 N–H and O–H groups in total. The number of carbonyl (C=O) groups is 1. The fourth-order valence-electron chi connectivity index (χ4n) is 1.86. The zero-order valence-corrected chi connectivity index (χ0v) is 13.5. The van der Waals surface area contributed by atoms with Crippen molar-refractivity contribution in [3.8, 4) is 0 Å². The van der Waals surface area contributed by atoms with E-state index in [9.17, 15) is 31.1 Å². The molecule has 1 rings (SSSR count). The maximum Gasteiger partial charge on any atom is 0.416 e. The van der Waals surface area contributed by atoms with E-state index in [2.05, 4.69) is 10.1 Å². The lowest BCUT2D eigenvalue weighted by molar-refractivity contribution is -0.174. The molecule has 0 spiro atoms. The molecule has 0 saturated heterocycles. The molecule has 0 fully saturated rings. The molecule has 0 aliphatic heterocycles. The first-order valence-corrected chi connectivity index (χ1v) is 7.21. The van der Waals surface area contributed by atoms with Gasteiger partial charge in [-0.3, -0.25) is 0 Å². The van der Waals surface area contributed by atoms with Gasteiger partial charge in [0.15, 0.2) is 0 Å². The van der Waals surface area contributed by atoms with Crippen LogP contribution in [0.4, 0.5) is 31.1 Å². The summed E-state index contributed by atoms with van der Waals surface area (Å²) >= 11 is 0. The van der Waals surface area contributed by atoms with Crippen LogP contribution < -0.4 is 5.32 Å². The molecule has 1 aromatic carbocycles. The highest BCUT2D eigenvalue weighted by atomic mass is 19.4. The van der Waals surface area contributed by atoms with Crippen molar-refractivity contribution in [2.24, 2.45) is 0 Å². The van der Waals surface area contributed by atoms with Gasteiger partial charge in [-0.25, -0.2) is 4.79 Å². The second-order valence-corrected chi connectivity index (χ2v) is 5.53. The van der Waals surface area contributed by atoms with Crippen molar-refractivity contribution >= 4 is 6.03 Å². The van der Waals surface area contributed by atoms with Crippen LogP contribution in [0.3, 0.4) is 0 Å². The molecule has 2 amide bonds. The molecule has 0 aromatic heterocycles. The Kier molecular flexibility index (Phi) is 7.09. The number of hydrogen-bond acceptors (Lipinski definition) is 2. The number of carbonyl (C=O) groups excluding carboxylic acids is 1. The monoisotopic (exact) mass is 372 g/mol. The fourth-order valence-corrected chi connectivity index (χ4v) is 1.86. The minimum absolute atomic E-state index is 0.0418. The predicted molar refractivity (Wildman–Crippen MR) is 77.8 cm³/mol. The van der Waals surface area contributed by atoms with Crippen LogP contribution in [0.1, 0.15) is 18.1 Å². The third-order valence-corrected chi connectivity index (χ3v) is 3.05. The highest BCUT2D eigenvalue weighted by Gasteiger charge is 2.30. The van der Waals surface area contributed by atoms with E-state index in [0.29, 0.717) is 5.56 Å². The second kappa shape index (κ2) is 8.41. The summed E-state index contributed by atoms with van der Waals surface area (Å²) in [6.45, 7) is -0.214. The summed E-state index contributed by atoms with van der Waals surface area (Å²) < 4.78 is 77.7. The van der Waals surface area contributed by atoms with Crippen molar-refractivity contribution in [3.63, 3.8) is 0 Å². The number of halogens is 6. The van der Waals surface area contributed by atoms with Gasteiger partial charge in [-0.15, -0.1) is 0 Å². The largest absolute Gasteiger partial charge is 0.416 e. The van der Waals surface area contributed by atoms with E-state index in [1.807, 2.05) is 0 Å². The summed E-state index contributed by atoms with van der Waals surface area (Å²) in [7, 11) is 1.41. The van der Waals surface area contributed by atoms with Gasteiger partial charge in [0.05, 0.1) is 18.2 Å². The van der Waals surface area contributed by atoms with Crippen molar-refractivity contribution in [3.05, 3.63) is 35.4 Å². The van der Waals surface area contributed by atoms with Gasteiger partial charge in [-0.1, -0.05) is 12.1 Å². The third kappa shape index (κ3) is 8.10. The number of rotatable bonds is 6. The summed E-state index contributed by atoms with van der Waals surface area (Å²) in [5.41, 5.74) is -0.314. The average Bonchev–Trinajstić information content (AvgIpc) is 2.45. The van der Waals surface area contributed by atoms with Crippen LogP contribution in [-0.4, -0.2) is 43.4 Å². The van der Waals surface area contributed by atoms with E-state index >= 15 is 0 Å². The number of benzene rings is 1. The maximum absolute atomic E-state index is 12.5. The number of alkyl halides is 6. The van der Waals surface area contributed by atoms with Crippen LogP contribution >= 0.6 is 0 Å². The number of nitrogens with one attached hydrogen (secondary N) is 1. The van der Waals surface area contributed by atoms with Gasteiger partial charge >= 0.3 is 18.4 Å². The highest BCUT2D eigenvalue weighted by Crippen LogP contribution is 2.29. The van der Waals surface area contributed by atoms with Crippen LogP contribution in [0.2, 0.25) is 0 Å². The molecule has 4 nitrogen and oxygen atoms in total. The van der Waals surface area contributed by atoms with Crippen molar-refractivity contribution in [2.45, 2.75) is 31.9 Å². The zero-order chi connectivity index (χ0) is 19.3. The Labute approximate surface area is 140 Å². The van der Waals surface area contributed by atoms with Crippen molar-refractivity contribution in [1.29, 1.82) is 0 Å². The van der Waals surface area contributed by atoms with Crippen LogP contribution in [-0.2, 0) is 17.5 Å². The molecule has 10 heteroatoms. The second-order valence-electron chi connectivity index (χ2n) is 5.53. The Bertz CT molecular complexity index is 557. The van der Waals surface area contributed by atoms with Gasteiger partial charge in [0.25, 0.3) is 0 Å². The fraction of sp³-hybridized carbons (Fsp3) is 0.533. The Morgan fingerprint density at radius 3 is 2.20 bits per heavy atom. The molecule has 0 radical (unpaired) electrons. The first-order chi connectivity index (χ1) is 11.4. The number of urea groups is 1. The van der Waals surface area contributed by atoms with Gasteiger partial charge in [0.2, 0.25) is 0 Å². The van der Waals surface area contributed by atoms with Crippen molar-refractivity contribution in [1.82, 2.24) is 10.2 Å². The SMILES string of the molecule is C[C@@H](COCC(F)(F)F)NC(=O)N(C)Cc1ccc(C(F)(F)F)cc1. The summed E-state index contributed by atoms with van der Waals surface area (Å²) in [6.07, 6.45) is -8.88. The molecular weight excluding hydrogens is 354 g/mol. The Morgan fingerprint density at radius 1 is 1.16 bits per heavy atom. The quantitative estimate of drug-likeness (QED) is 0.772. The van der Waals surface area contributed by atoms with Crippen molar-refractivity contribution < 1.29 is 35.9 Å². The smallest absolute Gasteiger partial charge is 0.370 e. The van der Waals surface area contributed by atoms with Gasteiger partial charge in [-0.2, -0.15) is 26.3 Å². The van der Waals surface area contributed by atoms with Crippen molar-refractivity contribution in [2.75, 3.05) is 20.3 Å². The van der Waals surface area contributed by atoms with E-state index in [1.165, 1.54) is 31.0 Å². The highest BCUT2D eigenvalue weighted by molar-refractivity contribution is 5.74. The topological polar surface area (TPSA) is 41.6 Å². The Balaban J connectivity index is 2.46. The Hall–Kier alpha value is -1.97. The molecule has 0 bridgehead atoms. The van der Waals surface area contributed by atoms with Crippen LogP contribution in [0.15, 0.2) is 24.3 Å². The van der Waals surface area contributed by atoms with Gasteiger partial charge in [0.1, 0.15) is 6.61 Å². The maximum atomic E-state index is 12.5. The average molecular weight is 372 g/mol. The van der Waals surface area contributed by atoms with Crippen LogP contribution in [0.25, 0.3) is 0 Å². The number of nitrogens with zero attached hydrogens (tertiary/aromatic N) is 1. The lowest BCUT2D eigenvalue weighted by Crippen LogP contribution is -2.43. The first-order valence-electron chi connectivity index (χ1n) is 7.21. The molecule has 0 aliphatic rings. The normalized spacial score (nSPS) is 13.4. The van der Waals surface area contributed by atoms with Crippen LogP contribution in [0, 0.1) is 0 Å². The minimum atomic E-state index is -4.44. The lowest BCUT2D eigenvalue weighted by atomic mass is 10.1.